The third-order valence-corrected chi connectivity index (χ3v) is 4.74. The molecule has 0 spiro atoms. The van der Waals surface area contributed by atoms with Gasteiger partial charge in [-0.1, -0.05) is 0 Å². The predicted octanol–water partition coefficient (Wildman–Crippen LogP) is 1.92. The number of hydrogen-bond donors (Lipinski definition) is 2. The van der Waals surface area contributed by atoms with Crippen LogP contribution in [0, 0.1) is 9.39 Å². The zero-order valence-corrected chi connectivity index (χ0v) is 12.6. The van der Waals surface area contributed by atoms with Crippen molar-refractivity contribution in [2.45, 2.75) is 18.9 Å². The largest absolute Gasteiger partial charge is 0.313 e. The van der Waals surface area contributed by atoms with Gasteiger partial charge in [-0.3, -0.25) is 4.72 Å². The van der Waals surface area contributed by atoms with Crippen LogP contribution >= 0.6 is 22.6 Å². The Morgan fingerprint density at radius 1 is 1.39 bits per heavy atom. The van der Waals surface area contributed by atoms with Crippen molar-refractivity contribution in [1.29, 1.82) is 0 Å². The van der Waals surface area contributed by atoms with Crippen LogP contribution in [0.25, 0.3) is 0 Å². The van der Waals surface area contributed by atoms with E-state index in [9.17, 15) is 12.8 Å². The third-order valence-electron chi connectivity index (χ3n) is 2.58. The van der Waals surface area contributed by atoms with Gasteiger partial charge in [-0.05, 0) is 53.6 Å². The van der Waals surface area contributed by atoms with E-state index in [0.29, 0.717) is 21.8 Å². The maximum atomic E-state index is 12.9. The summed E-state index contributed by atoms with van der Waals surface area (Å²) in [6.45, 7) is 0.442. The van der Waals surface area contributed by atoms with Crippen LogP contribution in [-0.2, 0) is 10.0 Å². The van der Waals surface area contributed by atoms with Crippen molar-refractivity contribution in [3.8, 4) is 0 Å². The molecule has 0 aliphatic heterocycles. The average molecular weight is 384 g/mol. The van der Waals surface area contributed by atoms with Crippen molar-refractivity contribution in [3.63, 3.8) is 0 Å². The molecule has 0 bridgehead atoms. The van der Waals surface area contributed by atoms with Crippen molar-refractivity contribution in [1.82, 2.24) is 5.32 Å². The molecule has 2 N–H and O–H groups in total. The molecule has 2 rings (SSSR count). The fraction of sp³-hybridized carbons (Fsp3) is 0.455. The maximum absolute atomic E-state index is 12.9. The van der Waals surface area contributed by atoms with Crippen molar-refractivity contribution >= 4 is 38.3 Å². The van der Waals surface area contributed by atoms with Gasteiger partial charge >= 0.3 is 0 Å². The quantitative estimate of drug-likeness (QED) is 0.737. The van der Waals surface area contributed by atoms with Crippen LogP contribution in [0.15, 0.2) is 18.2 Å². The molecule has 1 saturated carbocycles. The summed E-state index contributed by atoms with van der Waals surface area (Å²) in [6, 6.07) is 4.46. The van der Waals surface area contributed by atoms with E-state index in [1.54, 1.807) is 0 Å². The van der Waals surface area contributed by atoms with Gasteiger partial charge in [0.25, 0.3) is 0 Å². The van der Waals surface area contributed by atoms with Gasteiger partial charge in [0.1, 0.15) is 5.82 Å². The first kappa shape index (κ1) is 14.0. The van der Waals surface area contributed by atoms with Crippen LogP contribution in [0.1, 0.15) is 12.8 Å². The first-order valence-corrected chi connectivity index (χ1v) is 8.38. The number of halogens is 2. The molecule has 0 amide bonds. The summed E-state index contributed by atoms with van der Waals surface area (Å²) in [7, 11) is -3.38. The SMILES string of the molecule is O=S(=O)(CCNC1CC1)Nc1ccc(F)cc1I. The van der Waals surface area contributed by atoms with E-state index in [-0.39, 0.29) is 11.6 Å². The molecule has 0 heterocycles. The van der Waals surface area contributed by atoms with Crippen LogP contribution in [0.2, 0.25) is 0 Å². The van der Waals surface area contributed by atoms with Gasteiger partial charge in [0.05, 0.1) is 11.4 Å². The van der Waals surface area contributed by atoms with E-state index in [4.69, 9.17) is 0 Å². The maximum Gasteiger partial charge on any atom is 0.234 e. The average Bonchev–Trinajstić information content (AvgIpc) is 3.06. The van der Waals surface area contributed by atoms with Crippen molar-refractivity contribution in [2.24, 2.45) is 0 Å². The van der Waals surface area contributed by atoms with E-state index in [1.807, 2.05) is 22.6 Å². The van der Waals surface area contributed by atoms with Crippen molar-refractivity contribution in [2.75, 3.05) is 17.0 Å². The van der Waals surface area contributed by atoms with Gasteiger partial charge in [-0.15, -0.1) is 0 Å². The Morgan fingerprint density at radius 3 is 2.72 bits per heavy atom. The molecule has 0 radical (unpaired) electrons. The van der Waals surface area contributed by atoms with Crippen LogP contribution < -0.4 is 10.0 Å². The van der Waals surface area contributed by atoms with Crippen molar-refractivity contribution < 1.29 is 12.8 Å². The second-order valence-corrected chi connectivity index (χ2v) is 7.28. The van der Waals surface area contributed by atoms with E-state index in [0.717, 1.165) is 12.8 Å². The van der Waals surface area contributed by atoms with Crippen LogP contribution in [0.5, 0.6) is 0 Å². The van der Waals surface area contributed by atoms with E-state index in [1.165, 1.54) is 18.2 Å². The Bertz CT molecular complexity index is 532. The summed E-state index contributed by atoms with van der Waals surface area (Å²) >= 11 is 1.90. The topological polar surface area (TPSA) is 58.2 Å². The molecule has 0 aromatic heterocycles. The Balaban J connectivity index is 1.93. The number of anilines is 1. The molecule has 1 aromatic rings. The Morgan fingerprint density at radius 2 is 2.11 bits per heavy atom. The molecule has 0 unspecified atom stereocenters. The van der Waals surface area contributed by atoms with E-state index in [2.05, 4.69) is 10.0 Å². The highest BCUT2D eigenvalue weighted by Crippen LogP contribution is 2.20. The Kier molecular flexibility index (Phi) is 4.44. The molecule has 1 aliphatic carbocycles. The molecular formula is C11H14FIN2O2S. The van der Waals surface area contributed by atoms with Crippen LogP contribution in [0.3, 0.4) is 0 Å². The fourth-order valence-electron chi connectivity index (χ4n) is 1.48. The number of hydrogen-bond acceptors (Lipinski definition) is 3. The molecule has 0 atom stereocenters. The summed E-state index contributed by atoms with van der Waals surface area (Å²) in [5.41, 5.74) is 0.420. The molecule has 7 heteroatoms. The molecular weight excluding hydrogens is 370 g/mol. The third kappa shape index (κ3) is 4.36. The van der Waals surface area contributed by atoms with Gasteiger partial charge in [0.2, 0.25) is 10.0 Å². The molecule has 18 heavy (non-hydrogen) atoms. The van der Waals surface area contributed by atoms with Crippen LogP contribution in [-0.4, -0.2) is 26.8 Å². The summed E-state index contributed by atoms with van der Waals surface area (Å²) in [5.74, 6) is -0.352. The minimum Gasteiger partial charge on any atom is -0.313 e. The summed E-state index contributed by atoms with van der Waals surface area (Å²) in [6.07, 6.45) is 2.26. The van der Waals surface area contributed by atoms with Crippen LogP contribution in [0.4, 0.5) is 10.1 Å². The molecule has 1 fully saturated rings. The lowest BCUT2D eigenvalue weighted by atomic mass is 10.3. The summed E-state index contributed by atoms with van der Waals surface area (Å²) < 4.78 is 39.5. The number of rotatable bonds is 6. The first-order valence-electron chi connectivity index (χ1n) is 5.65. The number of benzene rings is 1. The fourth-order valence-corrected chi connectivity index (χ4v) is 3.27. The van der Waals surface area contributed by atoms with E-state index < -0.39 is 10.0 Å². The monoisotopic (exact) mass is 384 g/mol. The van der Waals surface area contributed by atoms with Gasteiger partial charge in [0.15, 0.2) is 0 Å². The number of nitrogens with one attached hydrogen (secondary N) is 2. The Labute approximate surface area is 120 Å². The Hall–Kier alpha value is -0.410. The lowest BCUT2D eigenvalue weighted by Crippen LogP contribution is -2.28. The molecule has 100 valence electrons. The first-order chi connectivity index (χ1) is 8.46. The predicted molar refractivity (Wildman–Crippen MR) is 77.6 cm³/mol. The summed E-state index contributed by atoms with van der Waals surface area (Å²) in [4.78, 5) is 0. The second kappa shape index (κ2) is 5.70. The zero-order valence-electron chi connectivity index (χ0n) is 9.62. The van der Waals surface area contributed by atoms with Gasteiger partial charge in [0, 0.05) is 16.2 Å². The highest BCUT2D eigenvalue weighted by molar-refractivity contribution is 14.1. The minimum atomic E-state index is -3.38. The molecule has 0 saturated heterocycles. The van der Waals surface area contributed by atoms with Gasteiger partial charge in [-0.2, -0.15) is 0 Å². The normalized spacial score (nSPS) is 15.7. The zero-order chi connectivity index (χ0) is 13.2. The second-order valence-electron chi connectivity index (χ2n) is 4.27. The standard InChI is InChI=1S/C11H14FIN2O2S/c12-8-1-4-11(10(13)7-8)15-18(16,17)6-5-14-9-2-3-9/h1,4,7,9,14-15H,2-3,5-6H2. The smallest absolute Gasteiger partial charge is 0.234 e. The highest BCUT2D eigenvalue weighted by atomic mass is 127. The molecule has 1 aliphatic rings. The lowest BCUT2D eigenvalue weighted by molar-refractivity contribution is 0.595. The minimum absolute atomic E-state index is 0.0248. The van der Waals surface area contributed by atoms with Gasteiger partial charge < -0.3 is 5.32 Å². The molecule has 4 nitrogen and oxygen atoms in total. The summed E-state index contributed by atoms with van der Waals surface area (Å²) in [5, 5.41) is 3.14. The lowest BCUT2D eigenvalue weighted by Gasteiger charge is -2.10. The van der Waals surface area contributed by atoms with E-state index >= 15 is 0 Å². The molecule has 1 aromatic carbocycles. The highest BCUT2D eigenvalue weighted by Gasteiger charge is 2.21. The number of sulfonamides is 1. The van der Waals surface area contributed by atoms with Crippen molar-refractivity contribution in [3.05, 3.63) is 27.6 Å². The van der Waals surface area contributed by atoms with Gasteiger partial charge in [-0.25, -0.2) is 12.8 Å².